The molecule has 0 spiro atoms. The van der Waals surface area contributed by atoms with Gasteiger partial charge in [0, 0.05) is 10.3 Å². The minimum Gasteiger partial charge on any atom is -0.315 e. The largest absolute Gasteiger partial charge is 0.315 e. The van der Waals surface area contributed by atoms with E-state index >= 15 is 0 Å². The molecule has 0 atom stereocenters. The van der Waals surface area contributed by atoms with Crippen LogP contribution in [0.1, 0.15) is 16.1 Å². The van der Waals surface area contributed by atoms with Crippen molar-refractivity contribution >= 4 is 33.2 Å². The maximum atomic E-state index is 9.27. The molecule has 2 heterocycles. The first-order valence-corrected chi connectivity index (χ1v) is 7.00. The predicted octanol–water partition coefficient (Wildman–Crippen LogP) is 3.92. The molecule has 4 nitrogen and oxygen atoms in total. The molecular formula is C15H12N4S. The number of nitriles is 1. The van der Waals surface area contributed by atoms with E-state index in [0.717, 1.165) is 26.6 Å². The number of nitrogens with one attached hydrogen (secondary N) is 1. The van der Waals surface area contributed by atoms with Crippen molar-refractivity contribution in [1.82, 2.24) is 9.97 Å². The zero-order valence-corrected chi connectivity index (χ0v) is 12.0. The van der Waals surface area contributed by atoms with E-state index in [1.807, 2.05) is 44.2 Å². The third-order valence-corrected chi connectivity index (χ3v) is 4.09. The first-order chi connectivity index (χ1) is 9.67. The van der Waals surface area contributed by atoms with E-state index < -0.39 is 0 Å². The van der Waals surface area contributed by atoms with Gasteiger partial charge in [0.15, 0.2) is 10.9 Å². The maximum absolute atomic E-state index is 9.27. The Bertz CT molecular complexity index is 810. The summed E-state index contributed by atoms with van der Waals surface area (Å²) in [4.78, 5) is 10.1. The second kappa shape index (κ2) is 4.91. The van der Waals surface area contributed by atoms with Crippen molar-refractivity contribution in [3.05, 3.63) is 46.5 Å². The molecule has 0 saturated heterocycles. The zero-order valence-electron chi connectivity index (χ0n) is 11.1. The number of aromatic nitrogens is 2. The van der Waals surface area contributed by atoms with Gasteiger partial charge in [0.05, 0.1) is 16.8 Å². The minimum absolute atomic E-state index is 0.522. The standard InChI is InChI=1S/C15H12N4S/c1-9-10(2)20-15(17-9)19-14-12(8-16)7-11-5-3-4-6-13(11)18-14/h3-7H,1-2H3,(H,17,18,19). The molecule has 0 aliphatic heterocycles. The van der Waals surface area contributed by atoms with Crippen LogP contribution < -0.4 is 5.32 Å². The third kappa shape index (κ3) is 2.22. The highest BCUT2D eigenvalue weighted by Crippen LogP contribution is 2.27. The Morgan fingerprint density at radius 2 is 2.00 bits per heavy atom. The van der Waals surface area contributed by atoms with Crippen LogP contribution in [0.4, 0.5) is 10.9 Å². The molecule has 1 aromatic carbocycles. The average Bonchev–Trinajstić information content (AvgIpc) is 2.76. The summed E-state index contributed by atoms with van der Waals surface area (Å²) in [5.74, 6) is 0.556. The van der Waals surface area contributed by atoms with E-state index in [4.69, 9.17) is 0 Å². The SMILES string of the molecule is Cc1nc(Nc2nc3ccccc3cc2C#N)sc1C. The first-order valence-electron chi connectivity index (χ1n) is 6.18. The Kier molecular flexibility index (Phi) is 3.09. The Morgan fingerprint density at radius 3 is 2.70 bits per heavy atom. The van der Waals surface area contributed by atoms with Crippen molar-refractivity contribution in [2.45, 2.75) is 13.8 Å². The number of hydrogen-bond acceptors (Lipinski definition) is 5. The Hall–Kier alpha value is -2.45. The summed E-state index contributed by atoms with van der Waals surface area (Å²) in [6.07, 6.45) is 0. The summed E-state index contributed by atoms with van der Waals surface area (Å²) in [6.45, 7) is 3.99. The van der Waals surface area contributed by atoms with E-state index in [0.29, 0.717) is 11.4 Å². The van der Waals surface area contributed by atoms with Crippen LogP contribution >= 0.6 is 11.3 Å². The summed E-state index contributed by atoms with van der Waals surface area (Å²) in [5.41, 5.74) is 2.38. The molecule has 5 heteroatoms. The molecule has 0 amide bonds. The molecule has 0 aliphatic carbocycles. The molecule has 0 aliphatic rings. The number of pyridine rings is 1. The Morgan fingerprint density at radius 1 is 1.20 bits per heavy atom. The van der Waals surface area contributed by atoms with Crippen molar-refractivity contribution in [3.63, 3.8) is 0 Å². The number of benzene rings is 1. The smallest absolute Gasteiger partial charge is 0.188 e. The molecule has 3 aromatic rings. The summed E-state index contributed by atoms with van der Waals surface area (Å²) < 4.78 is 0. The number of fused-ring (bicyclic) bond motifs is 1. The summed E-state index contributed by atoms with van der Waals surface area (Å²) >= 11 is 1.56. The summed E-state index contributed by atoms with van der Waals surface area (Å²) in [5, 5.41) is 14.1. The van der Waals surface area contributed by atoms with E-state index in [1.54, 1.807) is 11.3 Å². The maximum Gasteiger partial charge on any atom is 0.188 e. The van der Waals surface area contributed by atoms with Crippen molar-refractivity contribution in [2.24, 2.45) is 0 Å². The Labute approximate surface area is 120 Å². The zero-order chi connectivity index (χ0) is 14.1. The van der Waals surface area contributed by atoms with Crippen LogP contribution in [0.25, 0.3) is 10.9 Å². The van der Waals surface area contributed by atoms with Crippen LogP contribution in [0.15, 0.2) is 30.3 Å². The first kappa shape index (κ1) is 12.6. The lowest BCUT2D eigenvalue weighted by Crippen LogP contribution is -1.97. The molecule has 3 rings (SSSR count). The van der Waals surface area contributed by atoms with Crippen LogP contribution in [-0.4, -0.2) is 9.97 Å². The fraction of sp³-hybridized carbons (Fsp3) is 0.133. The van der Waals surface area contributed by atoms with Gasteiger partial charge in [-0.15, -0.1) is 11.3 Å². The lowest BCUT2D eigenvalue weighted by molar-refractivity contribution is 1.22. The molecule has 0 fully saturated rings. The second-order valence-electron chi connectivity index (χ2n) is 4.47. The minimum atomic E-state index is 0.522. The van der Waals surface area contributed by atoms with Gasteiger partial charge in [0.25, 0.3) is 0 Å². The van der Waals surface area contributed by atoms with E-state index in [1.165, 1.54) is 0 Å². The number of nitrogens with zero attached hydrogens (tertiary/aromatic N) is 3. The van der Waals surface area contributed by atoms with E-state index in [9.17, 15) is 5.26 Å². The highest BCUT2D eigenvalue weighted by Gasteiger charge is 2.10. The van der Waals surface area contributed by atoms with Crippen LogP contribution in [0.2, 0.25) is 0 Å². The topological polar surface area (TPSA) is 61.6 Å². The van der Waals surface area contributed by atoms with Crippen LogP contribution in [0, 0.1) is 25.2 Å². The van der Waals surface area contributed by atoms with Crippen LogP contribution in [-0.2, 0) is 0 Å². The van der Waals surface area contributed by atoms with Crippen LogP contribution in [0.5, 0.6) is 0 Å². The summed E-state index contributed by atoms with van der Waals surface area (Å²) in [7, 11) is 0. The van der Waals surface area contributed by atoms with Crippen molar-refractivity contribution in [3.8, 4) is 6.07 Å². The Balaban J connectivity index is 2.08. The van der Waals surface area contributed by atoms with Gasteiger partial charge in [-0.25, -0.2) is 9.97 Å². The molecule has 2 aromatic heterocycles. The van der Waals surface area contributed by atoms with E-state index in [-0.39, 0.29) is 0 Å². The number of para-hydroxylation sites is 1. The predicted molar refractivity (Wildman–Crippen MR) is 81.3 cm³/mol. The molecule has 0 unspecified atom stereocenters. The van der Waals surface area contributed by atoms with Gasteiger partial charge in [0.1, 0.15) is 6.07 Å². The molecule has 20 heavy (non-hydrogen) atoms. The number of thiazole rings is 1. The third-order valence-electron chi connectivity index (χ3n) is 3.10. The van der Waals surface area contributed by atoms with Gasteiger partial charge in [-0.05, 0) is 26.0 Å². The van der Waals surface area contributed by atoms with Crippen LogP contribution in [0.3, 0.4) is 0 Å². The molecule has 1 N–H and O–H groups in total. The van der Waals surface area contributed by atoms with Crippen molar-refractivity contribution in [1.29, 1.82) is 5.26 Å². The highest BCUT2D eigenvalue weighted by molar-refractivity contribution is 7.15. The van der Waals surface area contributed by atoms with Crippen molar-refractivity contribution < 1.29 is 0 Å². The van der Waals surface area contributed by atoms with Gasteiger partial charge < -0.3 is 5.32 Å². The fourth-order valence-corrected chi connectivity index (χ4v) is 2.74. The number of hydrogen-bond donors (Lipinski definition) is 1. The summed E-state index contributed by atoms with van der Waals surface area (Å²) in [6, 6.07) is 11.8. The molecule has 98 valence electrons. The van der Waals surface area contributed by atoms with Gasteiger partial charge in [-0.3, -0.25) is 0 Å². The van der Waals surface area contributed by atoms with Crippen molar-refractivity contribution in [2.75, 3.05) is 5.32 Å². The number of anilines is 2. The van der Waals surface area contributed by atoms with E-state index in [2.05, 4.69) is 21.4 Å². The van der Waals surface area contributed by atoms with Gasteiger partial charge in [-0.1, -0.05) is 18.2 Å². The lowest BCUT2D eigenvalue weighted by Gasteiger charge is -2.06. The second-order valence-corrected chi connectivity index (χ2v) is 5.68. The number of aryl methyl sites for hydroxylation is 2. The quantitative estimate of drug-likeness (QED) is 0.772. The highest BCUT2D eigenvalue weighted by atomic mass is 32.1. The molecule has 0 saturated carbocycles. The molecular weight excluding hydrogens is 268 g/mol. The monoisotopic (exact) mass is 280 g/mol. The van der Waals surface area contributed by atoms with Gasteiger partial charge >= 0.3 is 0 Å². The molecule has 0 radical (unpaired) electrons. The number of rotatable bonds is 2. The van der Waals surface area contributed by atoms with Gasteiger partial charge in [-0.2, -0.15) is 5.26 Å². The van der Waals surface area contributed by atoms with Gasteiger partial charge in [0.2, 0.25) is 0 Å². The lowest BCUT2D eigenvalue weighted by atomic mass is 10.1. The normalized spacial score (nSPS) is 10.4. The fourth-order valence-electron chi connectivity index (χ4n) is 1.92. The average molecular weight is 280 g/mol. The molecule has 0 bridgehead atoms.